The van der Waals surface area contributed by atoms with Crippen molar-refractivity contribution >= 4 is 51.8 Å². The molecule has 1 saturated heterocycles. The SMILES string of the molecule is CC1=C(C(=O)OC(c2ccccc2)c2ccccc2)N2C(=O)C(CC(=O)/C(=N/OC(c3ccccc3)(c3ccccc3)c3ccccc3)c3nsc(N)n3)[C@H]2SC1. The van der Waals surface area contributed by atoms with Crippen LogP contribution in [0.2, 0.25) is 0 Å². The third-order valence-electron chi connectivity index (χ3n) is 10.0. The van der Waals surface area contributed by atoms with Crippen molar-refractivity contribution < 1.29 is 24.0 Å². The molecule has 5 aromatic carbocycles. The van der Waals surface area contributed by atoms with Gasteiger partial charge < -0.3 is 15.3 Å². The molecule has 1 fully saturated rings. The number of nitrogens with two attached hydrogens (primary N) is 1. The van der Waals surface area contributed by atoms with Crippen molar-refractivity contribution in [3.63, 3.8) is 0 Å². The maximum absolute atomic E-state index is 14.4. The third kappa shape index (κ3) is 7.37. The molecule has 10 nitrogen and oxygen atoms in total. The lowest BCUT2D eigenvalue weighted by atomic mass is 9.80. The van der Waals surface area contributed by atoms with Crippen LogP contribution in [0.3, 0.4) is 0 Å². The first kappa shape index (κ1) is 37.5. The second kappa shape index (κ2) is 16.4. The number of hydrogen-bond acceptors (Lipinski definition) is 11. The Hall–Kier alpha value is -6.37. The minimum absolute atomic E-state index is 0.00150. The van der Waals surface area contributed by atoms with Crippen LogP contribution in [0.25, 0.3) is 0 Å². The van der Waals surface area contributed by atoms with Crippen molar-refractivity contribution in [3.05, 3.63) is 197 Å². The van der Waals surface area contributed by atoms with Crippen LogP contribution in [0.1, 0.15) is 53.1 Å². The van der Waals surface area contributed by atoms with E-state index in [4.69, 9.17) is 15.3 Å². The van der Waals surface area contributed by atoms with Gasteiger partial charge in [-0.05, 0) is 23.6 Å². The van der Waals surface area contributed by atoms with Crippen molar-refractivity contribution in [3.8, 4) is 0 Å². The summed E-state index contributed by atoms with van der Waals surface area (Å²) in [7, 11) is 0. The Morgan fingerprint density at radius 1 is 0.807 bits per heavy atom. The highest BCUT2D eigenvalue weighted by Gasteiger charge is 2.54. The maximum atomic E-state index is 14.4. The van der Waals surface area contributed by atoms with Crippen LogP contribution in [0, 0.1) is 5.92 Å². The van der Waals surface area contributed by atoms with E-state index in [1.807, 2.05) is 159 Å². The largest absolute Gasteiger partial charge is 0.448 e. The fourth-order valence-corrected chi connectivity index (χ4v) is 9.07. The van der Waals surface area contributed by atoms with Crippen molar-refractivity contribution in [1.29, 1.82) is 0 Å². The van der Waals surface area contributed by atoms with Gasteiger partial charge in [0.05, 0.1) is 11.3 Å². The van der Waals surface area contributed by atoms with E-state index < -0.39 is 34.7 Å². The van der Waals surface area contributed by atoms with E-state index in [-0.39, 0.29) is 34.7 Å². The van der Waals surface area contributed by atoms with Crippen LogP contribution in [0.15, 0.2) is 168 Å². The molecule has 0 spiro atoms. The summed E-state index contributed by atoms with van der Waals surface area (Å²) in [6, 6.07) is 47.9. The minimum Gasteiger partial charge on any atom is -0.448 e. The molecular weight excluding hydrogens is 755 g/mol. The van der Waals surface area contributed by atoms with E-state index in [1.54, 1.807) is 0 Å². The Morgan fingerprint density at radius 3 is 1.77 bits per heavy atom. The summed E-state index contributed by atoms with van der Waals surface area (Å²) in [6.45, 7) is 1.82. The summed E-state index contributed by atoms with van der Waals surface area (Å²) in [5.74, 6) is -1.74. The number of hydrogen-bond donors (Lipinski definition) is 1. The van der Waals surface area contributed by atoms with Crippen molar-refractivity contribution in [1.82, 2.24) is 14.3 Å². The number of nitrogen functional groups attached to an aromatic ring is 1. The molecule has 284 valence electrons. The number of oxime groups is 1. The summed E-state index contributed by atoms with van der Waals surface area (Å²) < 4.78 is 10.5. The van der Waals surface area contributed by atoms with Gasteiger partial charge in [-0.15, -0.1) is 11.8 Å². The lowest BCUT2D eigenvalue weighted by molar-refractivity contribution is -0.157. The number of benzene rings is 5. The molecule has 0 aliphatic carbocycles. The molecule has 1 aromatic heterocycles. The van der Waals surface area contributed by atoms with E-state index in [1.165, 1.54) is 16.7 Å². The topological polar surface area (TPSA) is 137 Å². The number of amides is 1. The summed E-state index contributed by atoms with van der Waals surface area (Å²) >= 11 is 2.42. The number of anilines is 1. The normalized spacial score (nSPS) is 16.8. The number of rotatable bonds is 13. The summed E-state index contributed by atoms with van der Waals surface area (Å²) in [5.41, 5.74) is 9.41. The number of nitrogens with zero attached hydrogens (tertiary/aromatic N) is 4. The molecule has 1 amide bonds. The number of ether oxygens (including phenoxy) is 1. The van der Waals surface area contributed by atoms with Gasteiger partial charge in [0.25, 0.3) is 0 Å². The molecule has 1 unspecified atom stereocenters. The molecule has 8 rings (SSSR count). The minimum atomic E-state index is -1.28. The van der Waals surface area contributed by atoms with E-state index in [0.29, 0.717) is 5.75 Å². The molecule has 3 heterocycles. The number of Topliss-reactive ketones (excluding diaryl/α,β-unsaturated/α-hetero) is 1. The second-order valence-corrected chi connectivity index (χ2v) is 15.5. The van der Waals surface area contributed by atoms with Gasteiger partial charge in [-0.25, -0.2) is 4.79 Å². The zero-order valence-electron chi connectivity index (χ0n) is 30.8. The van der Waals surface area contributed by atoms with Crippen LogP contribution in [0.5, 0.6) is 0 Å². The van der Waals surface area contributed by atoms with Crippen LogP contribution in [0.4, 0.5) is 5.13 Å². The fourth-order valence-electron chi connectivity index (χ4n) is 7.28. The Balaban J connectivity index is 1.09. The standard InChI is InChI=1S/C45H37N5O5S2/c1-29-28-56-42-35(41(52)50(42)38(29)43(53)54-39(30-17-7-2-8-18-30)31-19-9-3-10-20-31)27-36(51)37(40-47-44(46)57-49-40)48-55-45(32-21-11-4-12-22-32,33-23-13-5-14-24-33)34-25-15-6-16-26-34/h2-26,35,39,42H,27-28H2,1H3,(H2,46,47,49)/b48-37-/t35?,42-/m1/s1. The van der Waals surface area contributed by atoms with Gasteiger partial charge in [-0.2, -0.15) is 9.36 Å². The Kier molecular flexibility index (Phi) is 10.8. The van der Waals surface area contributed by atoms with Crippen LogP contribution in [-0.2, 0) is 29.6 Å². The van der Waals surface area contributed by atoms with Crippen LogP contribution < -0.4 is 5.73 Å². The van der Waals surface area contributed by atoms with Crippen LogP contribution in [-0.4, -0.2) is 48.8 Å². The molecule has 2 atom stereocenters. The van der Waals surface area contributed by atoms with Gasteiger partial charge >= 0.3 is 5.97 Å². The molecule has 2 aliphatic heterocycles. The van der Waals surface area contributed by atoms with Crippen molar-refractivity contribution in [2.75, 3.05) is 11.5 Å². The molecule has 2 aliphatic rings. The van der Waals surface area contributed by atoms with Gasteiger partial charge in [0.15, 0.2) is 22.7 Å². The first-order valence-corrected chi connectivity index (χ1v) is 20.2. The molecule has 2 N–H and O–H groups in total. The number of thioether (sulfide) groups is 1. The van der Waals surface area contributed by atoms with Gasteiger partial charge in [-0.3, -0.25) is 14.5 Å². The van der Waals surface area contributed by atoms with Gasteiger partial charge in [0, 0.05) is 40.4 Å². The number of esters is 1. The molecule has 12 heteroatoms. The third-order valence-corrected chi connectivity index (χ3v) is 12.1. The number of ketones is 1. The molecular formula is C45H37N5O5S2. The molecule has 0 radical (unpaired) electrons. The van der Waals surface area contributed by atoms with E-state index in [2.05, 4.69) is 14.5 Å². The zero-order valence-corrected chi connectivity index (χ0v) is 32.4. The molecule has 0 saturated carbocycles. The van der Waals surface area contributed by atoms with Gasteiger partial charge in [0.2, 0.25) is 17.3 Å². The number of β-lactam (4-membered cyclic amide) rings is 1. The summed E-state index contributed by atoms with van der Waals surface area (Å²) in [4.78, 5) is 55.0. The smallest absolute Gasteiger partial charge is 0.356 e. The Bertz CT molecular complexity index is 2310. The zero-order chi connectivity index (χ0) is 39.4. The number of aromatic nitrogens is 2. The lowest BCUT2D eigenvalue weighted by Crippen LogP contribution is -2.62. The van der Waals surface area contributed by atoms with E-state index in [9.17, 15) is 14.4 Å². The average molecular weight is 792 g/mol. The maximum Gasteiger partial charge on any atom is 0.356 e. The van der Waals surface area contributed by atoms with Crippen molar-refractivity contribution in [2.45, 2.75) is 30.4 Å². The summed E-state index contributed by atoms with van der Waals surface area (Å²) in [5, 5.41) is 4.24. The Morgan fingerprint density at radius 2 is 1.30 bits per heavy atom. The number of carbonyl (C=O) groups excluding carboxylic acids is 3. The second-order valence-electron chi connectivity index (χ2n) is 13.6. The van der Waals surface area contributed by atoms with Crippen LogP contribution >= 0.6 is 23.3 Å². The highest BCUT2D eigenvalue weighted by Crippen LogP contribution is 2.46. The predicted molar refractivity (Wildman–Crippen MR) is 221 cm³/mol. The average Bonchev–Trinajstić information content (AvgIpc) is 3.70. The fraction of sp³-hybridized carbons (Fsp3) is 0.156. The lowest BCUT2D eigenvalue weighted by Gasteiger charge is -2.49. The monoisotopic (exact) mass is 791 g/mol. The highest BCUT2D eigenvalue weighted by molar-refractivity contribution is 8.00. The first-order chi connectivity index (χ1) is 27.8. The Labute approximate surface area is 338 Å². The van der Waals surface area contributed by atoms with Gasteiger partial charge in [0.1, 0.15) is 5.70 Å². The molecule has 6 aromatic rings. The molecule has 0 bridgehead atoms. The van der Waals surface area contributed by atoms with E-state index in [0.717, 1.165) is 44.9 Å². The van der Waals surface area contributed by atoms with E-state index >= 15 is 0 Å². The summed E-state index contributed by atoms with van der Waals surface area (Å²) in [6.07, 6.45) is -0.907. The van der Waals surface area contributed by atoms with Gasteiger partial charge in [-0.1, -0.05) is 157 Å². The highest BCUT2D eigenvalue weighted by atomic mass is 32.2. The first-order valence-electron chi connectivity index (χ1n) is 18.4. The quantitative estimate of drug-likeness (QED) is 0.0407. The number of carbonyl (C=O) groups is 3. The molecule has 57 heavy (non-hydrogen) atoms. The van der Waals surface area contributed by atoms with Crippen molar-refractivity contribution in [2.24, 2.45) is 11.1 Å². The predicted octanol–water partition coefficient (Wildman–Crippen LogP) is 7.93. The number of fused-ring (bicyclic) bond motifs is 1.